The zero-order valence-corrected chi connectivity index (χ0v) is 22.7. The summed E-state index contributed by atoms with van der Waals surface area (Å²) in [5.41, 5.74) is 5.16. The summed E-state index contributed by atoms with van der Waals surface area (Å²) in [6, 6.07) is 23.0. The van der Waals surface area contributed by atoms with Crippen molar-refractivity contribution < 1.29 is 28.9 Å². The van der Waals surface area contributed by atoms with Gasteiger partial charge < -0.3 is 29.2 Å². The highest BCUT2D eigenvalue weighted by Gasteiger charge is 2.38. The Bertz CT molecular complexity index is 1470. The summed E-state index contributed by atoms with van der Waals surface area (Å²) in [6.07, 6.45) is -0.159. The number of carbonyl (C=O) groups excluding carboxylic acids is 2. The number of amides is 1. The zero-order chi connectivity index (χ0) is 28.2. The largest absolute Gasteiger partial charge is 0.453 e. The highest BCUT2D eigenvalue weighted by molar-refractivity contribution is 5.94. The van der Waals surface area contributed by atoms with Gasteiger partial charge in [0.2, 0.25) is 0 Å². The van der Waals surface area contributed by atoms with Crippen LogP contribution in [0.3, 0.4) is 0 Å². The summed E-state index contributed by atoms with van der Waals surface area (Å²) in [5, 5.41) is 12.2. The molecule has 0 radical (unpaired) electrons. The molecule has 3 aromatic carbocycles. The van der Waals surface area contributed by atoms with E-state index in [1.54, 1.807) is 12.1 Å². The predicted molar refractivity (Wildman–Crippen MR) is 149 cm³/mol. The van der Waals surface area contributed by atoms with Crippen molar-refractivity contribution in [3.05, 3.63) is 95.8 Å². The number of nitrogens with one attached hydrogen (secondary N) is 1. The molecule has 5 atom stereocenters. The van der Waals surface area contributed by atoms with Crippen molar-refractivity contribution in [2.45, 2.75) is 58.5 Å². The molecule has 0 bridgehead atoms. The van der Waals surface area contributed by atoms with Gasteiger partial charge in [0.1, 0.15) is 0 Å². The Morgan fingerprint density at radius 2 is 1.73 bits per heavy atom. The Balaban J connectivity index is 1.39. The smallest absolute Gasteiger partial charge is 0.303 e. The maximum absolute atomic E-state index is 12.3. The van der Waals surface area contributed by atoms with Crippen LogP contribution >= 0.6 is 0 Å². The molecular weight excluding hydrogens is 510 g/mol. The molecule has 0 saturated carbocycles. The number of aliphatic hydroxyl groups is 1. The van der Waals surface area contributed by atoms with Crippen molar-refractivity contribution in [3.8, 4) is 0 Å². The minimum atomic E-state index is -0.901. The average molecular weight is 544 g/mol. The number of esters is 1. The third-order valence-electron chi connectivity index (χ3n) is 7.19. The van der Waals surface area contributed by atoms with Gasteiger partial charge in [-0.05, 0) is 42.3 Å². The molecule has 1 fully saturated rings. The van der Waals surface area contributed by atoms with Gasteiger partial charge in [-0.3, -0.25) is 9.59 Å². The van der Waals surface area contributed by atoms with E-state index < -0.39 is 24.3 Å². The summed E-state index contributed by atoms with van der Waals surface area (Å²) in [5.74, 6) is -0.919. The van der Waals surface area contributed by atoms with E-state index in [1.165, 1.54) is 13.8 Å². The van der Waals surface area contributed by atoms with Crippen LogP contribution in [0.2, 0.25) is 0 Å². The van der Waals surface area contributed by atoms with E-state index in [0.717, 1.165) is 27.7 Å². The van der Waals surface area contributed by atoms with Gasteiger partial charge in [0.25, 0.3) is 5.91 Å². The standard InChI is InChI=1S/C31H33N3O6/c1-19-28(16-34-18-32-26-6-4-5-7-27(26)34)39-31(40-29(19)23-10-8-22(17-35)9-11-23)24-12-14-25(15-13-24)33-30(37)20(2)38-21(3)36/h4-15,18-20,28-29,31,35H,16-17H2,1-3H3,(H,33,37)/t19-,20+,28+,29+,31+/m1/s1. The molecule has 1 aromatic heterocycles. The van der Waals surface area contributed by atoms with Crippen LogP contribution < -0.4 is 5.32 Å². The van der Waals surface area contributed by atoms with E-state index in [1.807, 2.05) is 67.0 Å². The lowest BCUT2D eigenvalue weighted by atomic mass is 9.90. The Hall–Kier alpha value is -4.05. The minimum absolute atomic E-state index is 0.0127. The third kappa shape index (κ3) is 6.07. The molecule has 2 heterocycles. The average Bonchev–Trinajstić information content (AvgIpc) is 3.37. The fraction of sp³-hybridized carbons (Fsp3) is 0.323. The highest BCUT2D eigenvalue weighted by atomic mass is 16.7. The molecule has 1 aliphatic rings. The molecule has 9 nitrogen and oxygen atoms in total. The summed E-state index contributed by atoms with van der Waals surface area (Å²) >= 11 is 0. The summed E-state index contributed by atoms with van der Waals surface area (Å²) in [7, 11) is 0. The summed E-state index contributed by atoms with van der Waals surface area (Å²) in [4.78, 5) is 28.0. The van der Waals surface area contributed by atoms with E-state index >= 15 is 0 Å². The molecule has 1 amide bonds. The molecule has 2 N–H and O–H groups in total. The summed E-state index contributed by atoms with van der Waals surface area (Å²) < 4.78 is 20.1. The number of aromatic nitrogens is 2. The number of fused-ring (bicyclic) bond motifs is 1. The lowest BCUT2D eigenvalue weighted by molar-refractivity contribution is -0.276. The Morgan fingerprint density at radius 3 is 2.42 bits per heavy atom. The molecular formula is C31H33N3O6. The molecule has 0 spiro atoms. The lowest BCUT2D eigenvalue weighted by Gasteiger charge is -2.41. The van der Waals surface area contributed by atoms with Crippen LogP contribution in [-0.2, 0) is 37.0 Å². The van der Waals surface area contributed by atoms with Crippen LogP contribution in [0.4, 0.5) is 5.69 Å². The molecule has 9 heteroatoms. The van der Waals surface area contributed by atoms with Gasteiger partial charge in [-0.1, -0.05) is 55.5 Å². The Morgan fingerprint density at radius 1 is 1.02 bits per heavy atom. The van der Waals surface area contributed by atoms with E-state index in [4.69, 9.17) is 14.2 Å². The van der Waals surface area contributed by atoms with E-state index in [-0.39, 0.29) is 24.7 Å². The van der Waals surface area contributed by atoms with Crippen molar-refractivity contribution in [3.63, 3.8) is 0 Å². The van der Waals surface area contributed by atoms with E-state index in [2.05, 4.69) is 21.8 Å². The van der Waals surface area contributed by atoms with Crippen molar-refractivity contribution in [1.29, 1.82) is 0 Å². The molecule has 1 aliphatic heterocycles. The molecule has 0 unspecified atom stereocenters. The first kappa shape index (κ1) is 27.5. The minimum Gasteiger partial charge on any atom is -0.453 e. The number of hydrogen-bond acceptors (Lipinski definition) is 7. The maximum Gasteiger partial charge on any atom is 0.303 e. The van der Waals surface area contributed by atoms with E-state index in [0.29, 0.717) is 12.2 Å². The van der Waals surface area contributed by atoms with Crippen molar-refractivity contribution in [1.82, 2.24) is 9.55 Å². The molecule has 1 saturated heterocycles. The number of imidazole rings is 1. The number of ether oxygens (including phenoxy) is 3. The van der Waals surface area contributed by atoms with Gasteiger partial charge in [0.05, 0.1) is 42.7 Å². The normalized spacial score (nSPS) is 21.6. The number of para-hydroxylation sites is 2. The first-order chi connectivity index (χ1) is 19.3. The molecule has 40 heavy (non-hydrogen) atoms. The number of rotatable bonds is 8. The zero-order valence-electron chi connectivity index (χ0n) is 22.7. The van der Waals surface area contributed by atoms with Gasteiger partial charge in [-0.15, -0.1) is 0 Å². The second-order valence-electron chi connectivity index (χ2n) is 10.1. The Kier molecular flexibility index (Phi) is 8.25. The third-order valence-corrected chi connectivity index (χ3v) is 7.19. The van der Waals surface area contributed by atoms with Gasteiger partial charge in [-0.25, -0.2) is 4.98 Å². The van der Waals surface area contributed by atoms with Crippen molar-refractivity contribution in [2.24, 2.45) is 5.92 Å². The van der Waals surface area contributed by atoms with Crippen LogP contribution in [0.15, 0.2) is 79.1 Å². The number of aliphatic hydroxyl groups excluding tert-OH is 1. The second-order valence-corrected chi connectivity index (χ2v) is 10.1. The van der Waals surface area contributed by atoms with Gasteiger partial charge in [-0.2, -0.15) is 0 Å². The van der Waals surface area contributed by atoms with Crippen LogP contribution in [0.5, 0.6) is 0 Å². The topological polar surface area (TPSA) is 112 Å². The van der Waals surface area contributed by atoms with Gasteiger partial charge in [0.15, 0.2) is 12.4 Å². The van der Waals surface area contributed by atoms with Crippen molar-refractivity contribution >= 4 is 28.6 Å². The Labute approximate surface area is 232 Å². The van der Waals surface area contributed by atoms with Crippen molar-refractivity contribution in [2.75, 3.05) is 5.32 Å². The SMILES string of the molecule is CC(=O)O[C@@H](C)C(=O)Nc1ccc([C@H]2O[C@@H](Cn3cnc4ccccc43)[C@@H](C)[C@@H](c3ccc(CO)cc3)O2)cc1. The summed E-state index contributed by atoms with van der Waals surface area (Å²) in [6.45, 7) is 5.47. The monoisotopic (exact) mass is 543 g/mol. The fourth-order valence-corrected chi connectivity index (χ4v) is 4.95. The molecule has 4 aromatic rings. The second kappa shape index (κ2) is 12.0. The predicted octanol–water partition coefficient (Wildman–Crippen LogP) is 4.91. The first-order valence-corrected chi connectivity index (χ1v) is 13.3. The van der Waals surface area contributed by atoms with E-state index in [9.17, 15) is 14.7 Å². The molecule has 208 valence electrons. The fourth-order valence-electron chi connectivity index (χ4n) is 4.95. The number of anilines is 1. The number of nitrogens with zero attached hydrogens (tertiary/aromatic N) is 2. The number of benzene rings is 3. The van der Waals surface area contributed by atoms with Crippen LogP contribution in [-0.4, -0.2) is 38.7 Å². The quantitative estimate of drug-likeness (QED) is 0.304. The lowest BCUT2D eigenvalue weighted by Crippen LogP contribution is -2.39. The molecule has 0 aliphatic carbocycles. The highest BCUT2D eigenvalue weighted by Crippen LogP contribution is 2.42. The first-order valence-electron chi connectivity index (χ1n) is 13.3. The van der Waals surface area contributed by atoms with Crippen LogP contribution in [0.1, 0.15) is 49.9 Å². The molecule has 5 rings (SSSR count). The van der Waals surface area contributed by atoms with Gasteiger partial charge >= 0.3 is 5.97 Å². The van der Waals surface area contributed by atoms with Gasteiger partial charge in [0, 0.05) is 24.1 Å². The maximum atomic E-state index is 12.3. The van der Waals surface area contributed by atoms with Crippen LogP contribution in [0.25, 0.3) is 11.0 Å². The van der Waals surface area contributed by atoms with Crippen LogP contribution in [0, 0.1) is 5.92 Å². The number of hydrogen-bond donors (Lipinski definition) is 2. The number of carbonyl (C=O) groups is 2.